The van der Waals surface area contributed by atoms with Gasteiger partial charge in [-0.25, -0.2) is 13.2 Å². The third kappa shape index (κ3) is 5.16. The highest BCUT2D eigenvalue weighted by Crippen LogP contribution is 2.35. The van der Waals surface area contributed by atoms with Crippen LogP contribution in [0.3, 0.4) is 0 Å². The molecule has 0 bridgehead atoms. The van der Waals surface area contributed by atoms with Crippen LogP contribution in [0.1, 0.15) is 27.0 Å². The Hall–Kier alpha value is -2.28. The third-order valence-electron chi connectivity index (χ3n) is 4.14. The van der Waals surface area contributed by atoms with Gasteiger partial charge in [0.1, 0.15) is 0 Å². The van der Waals surface area contributed by atoms with Crippen LogP contribution in [0.5, 0.6) is 0 Å². The van der Waals surface area contributed by atoms with E-state index in [1.165, 1.54) is 17.8 Å². The Kier molecular flexibility index (Phi) is 6.44. The number of hydrogen-bond acceptors (Lipinski definition) is 4. The van der Waals surface area contributed by atoms with Crippen molar-refractivity contribution in [3.05, 3.63) is 95.1 Å². The van der Waals surface area contributed by atoms with E-state index < -0.39 is 15.0 Å². The molecule has 0 unspecified atom stereocenters. The van der Waals surface area contributed by atoms with Crippen molar-refractivity contribution in [2.75, 3.05) is 0 Å². The first-order valence-corrected chi connectivity index (χ1v) is 11.7. The van der Waals surface area contributed by atoms with E-state index in [1.807, 2.05) is 60.7 Å². The maximum absolute atomic E-state index is 12.2. The maximum atomic E-state index is 12.2. The number of carboxylic acid groups (broad SMARTS) is 1. The van der Waals surface area contributed by atoms with E-state index in [0.29, 0.717) is 22.6 Å². The molecule has 144 valence electrons. The monoisotopic (exact) mass is 432 g/mol. The first-order chi connectivity index (χ1) is 13.3. The molecule has 0 aliphatic rings. The molecule has 3 aromatic carbocycles. The van der Waals surface area contributed by atoms with Crippen molar-refractivity contribution >= 4 is 37.5 Å². The summed E-state index contributed by atoms with van der Waals surface area (Å²) in [5, 5.41) is 9.42. The van der Waals surface area contributed by atoms with E-state index in [-0.39, 0.29) is 10.5 Å². The number of benzene rings is 3. The molecule has 0 amide bonds. The maximum Gasteiger partial charge on any atom is 0.335 e. The van der Waals surface area contributed by atoms with Crippen LogP contribution in [0, 0.1) is 0 Å². The Morgan fingerprint density at radius 1 is 0.929 bits per heavy atom. The Labute approximate surface area is 172 Å². The molecule has 3 aromatic rings. The van der Waals surface area contributed by atoms with Crippen molar-refractivity contribution in [2.45, 2.75) is 22.0 Å². The second kappa shape index (κ2) is 8.82. The molecule has 1 N–H and O–H groups in total. The fraction of sp³-hybridized carbons (Fsp3) is 0.0952. The highest BCUT2D eigenvalue weighted by Gasteiger charge is 2.23. The number of halogens is 1. The van der Waals surface area contributed by atoms with Crippen LogP contribution in [0.25, 0.3) is 0 Å². The van der Waals surface area contributed by atoms with Gasteiger partial charge in [0.2, 0.25) is 0 Å². The predicted octanol–water partition coefficient (Wildman–Crippen LogP) is 5.20. The van der Waals surface area contributed by atoms with Gasteiger partial charge in [0, 0.05) is 21.3 Å². The molecule has 0 aliphatic heterocycles. The zero-order valence-corrected chi connectivity index (χ0v) is 17.1. The summed E-state index contributed by atoms with van der Waals surface area (Å²) in [6, 6.07) is 21.7. The van der Waals surface area contributed by atoms with Gasteiger partial charge in [0.05, 0.1) is 10.5 Å². The van der Waals surface area contributed by atoms with E-state index in [0.717, 1.165) is 17.2 Å². The van der Waals surface area contributed by atoms with Crippen LogP contribution in [-0.4, -0.2) is 19.5 Å². The lowest BCUT2D eigenvalue weighted by atomic mass is 10.0. The highest BCUT2D eigenvalue weighted by molar-refractivity contribution is 8.13. The van der Waals surface area contributed by atoms with E-state index >= 15 is 0 Å². The topological polar surface area (TPSA) is 71.4 Å². The Bertz CT molecular complexity index is 1080. The van der Waals surface area contributed by atoms with Crippen LogP contribution < -0.4 is 0 Å². The molecule has 7 heteroatoms. The minimum absolute atomic E-state index is 0.105. The lowest BCUT2D eigenvalue weighted by Gasteiger charge is -2.15. The Morgan fingerprint density at radius 2 is 1.50 bits per heavy atom. The van der Waals surface area contributed by atoms with Crippen molar-refractivity contribution in [3.8, 4) is 0 Å². The smallest absolute Gasteiger partial charge is 0.335 e. The number of thioether (sulfide) groups is 1. The van der Waals surface area contributed by atoms with Crippen molar-refractivity contribution in [1.29, 1.82) is 0 Å². The number of carbonyl (C=O) groups is 1. The summed E-state index contributed by atoms with van der Waals surface area (Å²) in [5.41, 5.74) is 2.36. The second-order valence-corrected chi connectivity index (χ2v) is 9.68. The van der Waals surface area contributed by atoms with Gasteiger partial charge < -0.3 is 5.11 Å². The van der Waals surface area contributed by atoms with Gasteiger partial charge in [-0.1, -0.05) is 60.7 Å². The van der Waals surface area contributed by atoms with Crippen LogP contribution in [0.2, 0.25) is 0 Å². The molecule has 0 aliphatic carbocycles. The standard InChI is InChI=1S/C21H17ClO4S2/c22-28(25,26)20-13-17(21(23)24)12-19(27-14-16-9-5-2-6-10-16)18(20)11-15-7-3-1-4-8-15/h1-10,12-13H,11,14H2,(H,23,24). The largest absolute Gasteiger partial charge is 0.478 e. The van der Waals surface area contributed by atoms with Crippen molar-refractivity contribution in [3.63, 3.8) is 0 Å². The highest BCUT2D eigenvalue weighted by atomic mass is 35.7. The van der Waals surface area contributed by atoms with E-state index in [2.05, 4.69) is 0 Å². The molecule has 0 saturated heterocycles. The normalized spacial score (nSPS) is 11.3. The van der Waals surface area contributed by atoms with Crippen LogP contribution >= 0.6 is 22.4 Å². The summed E-state index contributed by atoms with van der Waals surface area (Å²) in [7, 11) is 1.55. The summed E-state index contributed by atoms with van der Waals surface area (Å²) < 4.78 is 24.4. The molecular weight excluding hydrogens is 416 g/mol. The predicted molar refractivity (Wildman–Crippen MR) is 112 cm³/mol. The number of hydrogen-bond donors (Lipinski definition) is 1. The Morgan fingerprint density at radius 3 is 2.04 bits per heavy atom. The minimum Gasteiger partial charge on any atom is -0.478 e. The molecule has 0 saturated carbocycles. The second-order valence-electron chi connectivity index (χ2n) is 6.13. The fourth-order valence-corrected chi connectivity index (χ4v) is 5.10. The van der Waals surface area contributed by atoms with Gasteiger partial charge in [-0.2, -0.15) is 0 Å². The first-order valence-electron chi connectivity index (χ1n) is 8.40. The summed E-state index contributed by atoms with van der Waals surface area (Å²) in [5.74, 6) is -0.623. The molecule has 0 fully saturated rings. The zero-order valence-electron chi connectivity index (χ0n) is 14.7. The third-order valence-corrected chi connectivity index (χ3v) is 6.68. The lowest BCUT2D eigenvalue weighted by Crippen LogP contribution is -2.06. The first kappa shape index (κ1) is 20.5. The molecule has 4 nitrogen and oxygen atoms in total. The number of aromatic carboxylic acids is 1. The quantitative estimate of drug-likeness (QED) is 0.410. The summed E-state index contributed by atoms with van der Waals surface area (Å²) >= 11 is 1.39. The number of rotatable bonds is 7. The zero-order chi connectivity index (χ0) is 20.1. The van der Waals surface area contributed by atoms with Crippen molar-refractivity contribution in [2.24, 2.45) is 0 Å². The van der Waals surface area contributed by atoms with Gasteiger partial charge in [-0.05, 0) is 35.2 Å². The lowest BCUT2D eigenvalue weighted by molar-refractivity contribution is 0.0696. The molecule has 28 heavy (non-hydrogen) atoms. The summed E-state index contributed by atoms with van der Waals surface area (Å²) in [4.78, 5) is 12.0. The van der Waals surface area contributed by atoms with E-state index in [4.69, 9.17) is 10.7 Å². The fourth-order valence-electron chi connectivity index (χ4n) is 2.80. The van der Waals surface area contributed by atoms with Gasteiger partial charge >= 0.3 is 5.97 Å². The van der Waals surface area contributed by atoms with Crippen molar-refractivity contribution < 1.29 is 18.3 Å². The number of carboxylic acids is 1. The van der Waals surface area contributed by atoms with Crippen molar-refractivity contribution in [1.82, 2.24) is 0 Å². The molecule has 0 radical (unpaired) electrons. The molecule has 0 heterocycles. The van der Waals surface area contributed by atoms with Gasteiger partial charge in [0.25, 0.3) is 9.05 Å². The van der Waals surface area contributed by atoms with E-state index in [9.17, 15) is 18.3 Å². The van der Waals surface area contributed by atoms with E-state index in [1.54, 1.807) is 0 Å². The average molecular weight is 433 g/mol. The van der Waals surface area contributed by atoms with Gasteiger partial charge in [-0.3, -0.25) is 0 Å². The van der Waals surface area contributed by atoms with Gasteiger partial charge in [-0.15, -0.1) is 11.8 Å². The van der Waals surface area contributed by atoms with Gasteiger partial charge in [0.15, 0.2) is 0 Å². The minimum atomic E-state index is -4.12. The summed E-state index contributed by atoms with van der Waals surface area (Å²) in [6.07, 6.45) is 0.332. The van der Waals surface area contributed by atoms with Crippen LogP contribution in [-0.2, 0) is 21.2 Å². The molecule has 3 rings (SSSR count). The molecule has 0 spiro atoms. The molecule has 0 atom stereocenters. The summed E-state index contributed by atoms with van der Waals surface area (Å²) in [6.45, 7) is 0. The van der Waals surface area contributed by atoms with Crippen LogP contribution in [0.4, 0.5) is 0 Å². The Balaban J connectivity index is 2.10. The molecular formula is C21H17ClO4S2. The SMILES string of the molecule is O=C(O)c1cc(SCc2ccccc2)c(Cc2ccccc2)c(S(=O)(=O)Cl)c1. The van der Waals surface area contributed by atoms with Crippen LogP contribution in [0.15, 0.2) is 82.6 Å². The molecule has 0 aromatic heterocycles. The average Bonchev–Trinajstić information content (AvgIpc) is 2.67.